The highest BCUT2D eigenvalue weighted by molar-refractivity contribution is 8.18. The number of benzene rings is 2. The van der Waals surface area contributed by atoms with E-state index in [1.165, 1.54) is 24.4 Å². The van der Waals surface area contributed by atoms with Crippen molar-refractivity contribution in [3.63, 3.8) is 0 Å². The molecule has 1 saturated heterocycles. The van der Waals surface area contributed by atoms with Gasteiger partial charge in [0.05, 0.1) is 28.3 Å². The van der Waals surface area contributed by atoms with E-state index in [-0.39, 0.29) is 16.5 Å². The van der Waals surface area contributed by atoms with Crippen LogP contribution in [0.1, 0.15) is 28.6 Å². The summed E-state index contributed by atoms with van der Waals surface area (Å²) >= 11 is 7.44. The lowest BCUT2D eigenvalue weighted by Gasteiger charge is -2.04. The fraction of sp³-hybridized carbons (Fsp3) is 0.125. The Kier molecular flexibility index (Phi) is 6.48. The number of esters is 1. The van der Waals surface area contributed by atoms with Crippen molar-refractivity contribution in [1.29, 1.82) is 0 Å². The molecule has 0 unspecified atom stereocenters. The van der Waals surface area contributed by atoms with Crippen LogP contribution in [0.5, 0.6) is 0 Å². The molecule has 0 aliphatic carbocycles. The number of rotatable bonds is 5. The molecule has 1 aliphatic rings. The van der Waals surface area contributed by atoms with Crippen LogP contribution >= 0.6 is 23.4 Å². The number of amidine groups is 1. The smallest absolute Gasteiger partial charge is 0.339 e. The molecule has 1 amide bonds. The number of aryl methyl sites for hydroxylation is 1. The lowest BCUT2D eigenvalue weighted by atomic mass is 10.1. The predicted octanol–water partition coefficient (Wildman–Crippen LogP) is 5.84. The average molecular weight is 467 g/mol. The summed E-state index contributed by atoms with van der Waals surface area (Å²) in [6, 6.07) is 16.4. The molecule has 1 N–H and O–H groups in total. The quantitative estimate of drug-likeness (QED) is 0.377. The van der Waals surface area contributed by atoms with Gasteiger partial charge in [-0.2, -0.15) is 0 Å². The Morgan fingerprint density at radius 2 is 1.97 bits per heavy atom. The molecule has 0 saturated carbocycles. The van der Waals surface area contributed by atoms with Crippen molar-refractivity contribution < 1.29 is 18.7 Å². The molecule has 1 fully saturated rings. The van der Waals surface area contributed by atoms with E-state index in [1.807, 2.05) is 24.3 Å². The van der Waals surface area contributed by atoms with Gasteiger partial charge in [0.25, 0.3) is 5.91 Å². The zero-order chi connectivity index (χ0) is 22.7. The Bertz CT molecular complexity index is 1250. The molecule has 6 nitrogen and oxygen atoms in total. The third-order valence-corrected chi connectivity index (χ3v) is 6.01. The van der Waals surface area contributed by atoms with Crippen molar-refractivity contribution in [3.8, 4) is 11.3 Å². The summed E-state index contributed by atoms with van der Waals surface area (Å²) in [6.45, 7) is 2.09. The van der Waals surface area contributed by atoms with Crippen LogP contribution in [0.25, 0.3) is 17.4 Å². The van der Waals surface area contributed by atoms with Crippen molar-refractivity contribution in [3.05, 3.63) is 81.4 Å². The summed E-state index contributed by atoms with van der Waals surface area (Å²) < 4.78 is 10.6. The largest absolute Gasteiger partial charge is 0.465 e. The van der Waals surface area contributed by atoms with Gasteiger partial charge in [-0.15, -0.1) is 0 Å². The lowest BCUT2D eigenvalue weighted by Crippen LogP contribution is -2.19. The lowest BCUT2D eigenvalue weighted by molar-refractivity contribution is -0.115. The summed E-state index contributed by atoms with van der Waals surface area (Å²) in [5.41, 5.74) is 2.99. The van der Waals surface area contributed by atoms with Crippen LogP contribution in [0.2, 0.25) is 5.02 Å². The Morgan fingerprint density at radius 3 is 2.66 bits per heavy atom. The van der Waals surface area contributed by atoms with E-state index in [2.05, 4.69) is 17.2 Å². The second kappa shape index (κ2) is 9.46. The highest BCUT2D eigenvalue weighted by atomic mass is 35.5. The molecule has 1 aromatic heterocycles. The zero-order valence-electron chi connectivity index (χ0n) is 17.3. The fourth-order valence-electron chi connectivity index (χ4n) is 3.06. The number of nitrogens with zero attached hydrogens (tertiary/aromatic N) is 1. The van der Waals surface area contributed by atoms with Gasteiger partial charge >= 0.3 is 5.97 Å². The van der Waals surface area contributed by atoms with Gasteiger partial charge in [-0.25, -0.2) is 9.79 Å². The van der Waals surface area contributed by atoms with Crippen molar-refractivity contribution in [2.45, 2.75) is 13.3 Å². The first-order valence-electron chi connectivity index (χ1n) is 9.83. The summed E-state index contributed by atoms with van der Waals surface area (Å²) in [4.78, 5) is 29.0. The molecular weight excluding hydrogens is 448 g/mol. The van der Waals surface area contributed by atoms with Crippen molar-refractivity contribution in [2.75, 3.05) is 7.11 Å². The molecular formula is C24H19ClN2O4S. The number of aliphatic imine (C=N–C) groups is 1. The van der Waals surface area contributed by atoms with Crippen LogP contribution in [0.3, 0.4) is 0 Å². The number of ether oxygens (including phenoxy) is 1. The molecule has 1 aliphatic heterocycles. The highest BCUT2D eigenvalue weighted by Gasteiger charge is 2.24. The van der Waals surface area contributed by atoms with Crippen LogP contribution in [-0.4, -0.2) is 24.2 Å². The number of hydrogen-bond donors (Lipinski definition) is 1. The Labute approximate surface area is 194 Å². The Morgan fingerprint density at radius 1 is 1.19 bits per heavy atom. The van der Waals surface area contributed by atoms with Crippen molar-refractivity contribution in [1.82, 2.24) is 5.32 Å². The number of thioether (sulfide) groups is 1. The second-order valence-electron chi connectivity index (χ2n) is 6.89. The molecule has 3 aromatic rings. The van der Waals surface area contributed by atoms with E-state index in [1.54, 1.807) is 36.4 Å². The number of halogens is 1. The predicted molar refractivity (Wildman–Crippen MR) is 127 cm³/mol. The maximum atomic E-state index is 12.3. The molecule has 0 spiro atoms. The number of hydrogen-bond acceptors (Lipinski definition) is 6. The van der Waals surface area contributed by atoms with E-state index in [4.69, 9.17) is 20.8 Å². The Balaban J connectivity index is 1.51. The molecule has 0 bridgehead atoms. The number of amides is 1. The van der Waals surface area contributed by atoms with Gasteiger partial charge < -0.3 is 14.5 Å². The SMILES string of the molecule is CCc1ccc(N=C2NC(=O)/C(=C/c3ccc(-c4ccc(C(=O)OC)c(Cl)c4)o3)S2)cc1. The monoisotopic (exact) mass is 466 g/mol. The first kappa shape index (κ1) is 21.9. The fourth-order valence-corrected chi connectivity index (χ4v) is 4.14. The third kappa shape index (κ3) is 4.79. The minimum absolute atomic E-state index is 0.234. The second-order valence-corrected chi connectivity index (χ2v) is 8.33. The summed E-state index contributed by atoms with van der Waals surface area (Å²) in [5.74, 6) is 0.333. The molecule has 0 atom stereocenters. The van der Waals surface area contributed by atoms with Gasteiger partial charge in [-0.3, -0.25) is 4.79 Å². The maximum absolute atomic E-state index is 12.3. The average Bonchev–Trinajstić information content (AvgIpc) is 3.40. The number of furan rings is 1. The van der Waals surface area contributed by atoms with E-state index < -0.39 is 5.97 Å². The van der Waals surface area contributed by atoms with Gasteiger partial charge in [0, 0.05) is 11.6 Å². The van der Waals surface area contributed by atoms with E-state index in [0.29, 0.717) is 27.2 Å². The zero-order valence-corrected chi connectivity index (χ0v) is 18.9. The Hall–Kier alpha value is -3.29. The summed E-state index contributed by atoms with van der Waals surface area (Å²) in [7, 11) is 1.30. The van der Waals surface area contributed by atoms with E-state index >= 15 is 0 Å². The first-order valence-corrected chi connectivity index (χ1v) is 11.0. The minimum Gasteiger partial charge on any atom is -0.465 e. The van der Waals surface area contributed by atoms with Gasteiger partial charge in [-0.1, -0.05) is 36.7 Å². The molecule has 0 radical (unpaired) electrons. The number of methoxy groups -OCH3 is 1. The molecule has 8 heteroatoms. The first-order chi connectivity index (χ1) is 15.5. The van der Waals surface area contributed by atoms with E-state index in [9.17, 15) is 9.59 Å². The number of carbonyl (C=O) groups is 2. The van der Waals surface area contributed by atoms with E-state index in [0.717, 1.165) is 12.1 Å². The standard InChI is InChI=1S/C24H19ClN2O4S/c1-3-14-4-7-16(8-5-14)26-24-27-22(28)21(32-24)13-17-9-11-20(31-17)15-6-10-18(19(25)12-15)23(29)30-2/h4-13H,3H2,1-2H3,(H,26,27,28)/b21-13-. The van der Waals surface area contributed by atoms with Crippen LogP contribution in [0.4, 0.5) is 5.69 Å². The van der Waals surface area contributed by atoms with Crippen molar-refractivity contribution in [2.24, 2.45) is 4.99 Å². The van der Waals surface area contributed by atoms with Gasteiger partial charge in [-0.05, 0) is 60.1 Å². The third-order valence-electron chi connectivity index (χ3n) is 4.79. The molecule has 2 aromatic carbocycles. The van der Waals surface area contributed by atoms with Crippen LogP contribution in [0, 0.1) is 0 Å². The van der Waals surface area contributed by atoms with Crippen LogP contribution in [0.15, 0.2) is 68.9 Å². The molecule has 162 valence electrons. The molecule has 4 rings (SSSR count). The summed E-state index contributed by atoms with van der Waals surface area (Å²) in [5, 5.41) is 3.56. The van der Waals surface area contributed by atoms with Gasteiger partial charge in [0.1, 0.15) is 11.5 Å². The minimum atomic E-state index is -0.505. The topological polar surface area (TPSA) is 80.9 Å². The normalized spacial score (nSPS) is 15.9. The van der Waals surface area contributed by atoms with Crippen LogP contribution in [-0.2, 0) is 16.0 Å². The van der Waals surface area contributed by atoms with Gasteiger partial charge in [0.15, 0.2) is 5.17 Å². The van der Waals surface area contributed by atoms with Crippen molar-refractivity contribution >= 4 is 52.2 Å². The summed E-state index contributed by atoms with van der Waals surface area (Å²) in [6.07, 6.45) is 2.62. The molecule has 32 heavy (non-hydrogen) atoms. The van der Waals surface area contributed by atoms with Gasteiger partial charge in [0.2, 0.25) is 0 Å². The van der Waals surface area contributed by atoms with Crippen LogP contribution < -0.4 is 5.32 Å². The highest BCUT2D eigenvalue weighted by Crippen LogP contribution is 2.31. The molecule has 2 heterocycles. The number of carbonyl (C=O) groups excluding carboxylic acids is 2. The maximum Gasteiger partial charge on any atom is 0.339 e. The number of nitrogens with one attached hydrogen (secondary N) is 1.